The van der Waals surface area contributed by atoms with Gasteiger partial charge in [0.1, 0.15) is 0 Å². The van der Waals surface area contributed by atoms with Crippen LogP contribution in [0.3, 0.4) is 0 Å². The number of halogens is 2. The Morgan fingerprint density at radius 2 is 1.95 bits per heavy atom. The van der Waals surface area contributed by atoms with E-state index < -0.39 is 0 Å². The molecule has 0 aromatic heterocycles. The Bertz CT molecular complexity index is 516. The summed E-state index contributed by atoms with van der Waals surface area (Å²) >= 11 is 9.69. The van der Waals surface area contributed by atoms with E-state index in [2.05, 4.69) is 39.5 Å². The van der Waals surface area contributed by atoms with Gasteiger partial charge in [0.2, 0.25) is 0 Å². The lowest BCUT2D eigenvalue weighted by atomic mass is 9.83. The van der Waals surface area contributed by atoms with Crippen LogP contribution in [0.4, 0.5) is 0 Å². The van der Waals surface area contributed by atoms with Crippen molar-refractivity contribution < 1.29 is 0 Å². The van der Waals surface area contributed by atoms with Crippen LogP contribution in [0, 0.1) is 5.92 Å². The predicted molar refractivity (Wildman–Crippen MR) is 94.7 cm³/mol. The third-order valence-corrected chi connectivity index (χ3v) is 5.83. The Balaban J connectivity index is 1.77. The summed E-state index contributed by atoms with van der Waals surface area (Å²) < 4.78 is 0.969. The van der Waals surface area contributed by atoms with Crippen LogP contribution in [0.1, 0.15) is 50.5 Å². The third-order valence-electron chi connectivity index (χ3n) is 4.60. The lowest BCUT2D eigenvalue weighted by Gasteiger charge is -2.25. The lowest BCUT2D eigenvalue weighted by Crippen LogP contribution is -2.24. The molecule has 3 rings (SSSR count). The maximum Gasteiger partial charge on any atom is 0.0554 e. The number of nitrogens with one attached hydrogen (secondary N) is 1. The molecule has 0 aliphatic heterocycles. The highest BCUT2D eigenvalue weighted by atomic mass is 79.9. The number of hydrogen-bond donors (Lipinski definition) is 1. The van der Waals surface area contributed by atoms with E-state index in [4.69, 9.17) is 11.6 Å². The molecular weight excluding hydrogens is 346 g/mol. The SMILES string of the molecule is Clc1cc(/C=C(/CNC2CC2)C2CCCCC2)ccc1Br. The van der Waals surface area contributed by atoms with Gasteiger partial charge in [-0.25, -0.2) is 0 Å². The fraction of sp³-hybridized carbons (Fsp3) is 0.556. The quantitative estimate of drug-likeness (QED) is 0.690. The van der Waals surface area contributed by atoms with E-state index in [1.54, 1.807) is 5.57 Å². The van der Waals surface area contributed by atoms with Crippen molar-refractivity contribution in [3.05, 3.63) is 38.8 Å². The van der Waals surface area contributed by atoms with E-state index >= 15 is 0 Å². The van der Waals surface area contributed by atoms with Crippen LogP contribution < -0.4 is 5.32 Å². The fourth-order valence-electron chi connectivity index (χ4n) is 3.15. The van der Waals surface area contributed by atoms with Crippen LogP contribution in [0.25, 0.3) is 6.08 Å². The second-order valence-corrected chi connectivity index (χ2v) is 7.64. The zero-order chi connectivity index (χ0) is 14.7. The molecule has 2 aliphatic carbocycles. The van der Waals surface area contributed by atoms with Gasteiger partial charge >= 0.3 is 0 Å². The average molecular weight is 369 g/mol. The number of hydrogen-bond acceptors (Lipinski definition) is 1. The molecule has 0 amide bonds. The number of benzene rings is 1. The van der Waals surface area contributed by atoms with E-state index in [9.17, 15) is 0 Å². The summed E-state index contributed by atoms with van der Waals surface area (Å²) in [6.45, 7) is 1.04. The highest BCUT2D eigenvalue weighted by molar-refractivity contribution is 9.10. The van der Waals surface area contributed by atoms with Gasteiger partial charge < -0.3 is 5.32 Å². The van der Waals surface area contributed by atoms with Crippen LogP contribution in [0.15, 0.2) is 28.2 Å². The molecule has 1 aromatic rings. The van der Waals surface area contributed by atoms with E-state index in [0.29, 0.717) is 0 Å². The molecule has 2 fully saturated rings. The standard InChI is InChI=1S/C18H23BrClN/c19-17-9-6-13(11-18(17)20)10-15(12-21-16-7-8-16)14-4-2-1-3-5-14/h6,9-11,14,16,21H,1-5,7-8,12H2/b15-10-. The summed E-state index contributed by atoms with van der Waals surface area (Å²) in [5.41, 5.74) is 2.79. The first-order valence-corrected chi connectivity index (χ1v) is 9.28. The van der Waals surface area contributed by atoms with Gasteiger partial charge in [0.05, 0.1) is 5.02 Å². The molecule has 0 atom stereocenters. The fourth-order valence-corrected chi connectivity index (χ4v) is 3.59. The molecule has 1 N–H and O–H groups in total. The molecule has 114 valence electrons. The first-order valence-electron chi connectivity index (χ1n) is 8.11. The molecule has 0 radical (unpaired) electrons. The Labute approximate surface area is 141 Å². The lowest BCUT2D eigenvalue weighted by molar-refractivity contribution is 0.396. The van der Waals surface area contributed by atoms with Crippen molar-refractivity contribution in [2.24, 2.45) is 5.92 Å². The van der Waals surface area contributed by atoms with Gasteiger partial charge in [-0.1, -0.05) is 48.6 Å². The summed E-state index contributed by atoms with van der Waals surface area (Å²) in [5.74, 6) is 0.757. The summed E-state index contributed by atoms with van der Waals surface area (Å²) in [6.07, 6.45) is 11.9. The van der Waals surface area contributed by atoms with Gasteiger partial charge in [0.15, 0.2) is 0 Å². The first kappa shape index (κ1) is 15.6. The summed E-state index contributed by atoms with van der Waals surface area (Å²) in [7, 11) is 0. The van der Waals surface area contributed by atoms with Gasteiger partial charge in [-0.3, -0.25) is 0 Å². The van der Waals surface area contributed by atoms with Crippen molar-refractivity contribution in [3.8, 4) is 0 Å². The molecule has 0 heterocycles. The van der Waals surface area contributed by atoms with Crippen molar-refractivity contribution in [1.82, 2.24) is 5.32 Å². The van der Waals surface area contributed by atoms with E-state index in [1.807, 2.05) is 6.07 Å². The molecule has 21 heavy (non-hydrogen) atoms. The highest BCUT2D eigenvalue weighted by Gasteiger charge is 2.23. The molecular formula is C18H23BrClN. The zero-order valence-electron chi connectivity index (χ0n) is 12.4. The minimum absolute atomic E-state index is 0.757. The molecule has 3 heteroatoms. The number of rotatable bonds is 5. The van der Waals surface area contributed by atoms with E-state index in [1.165, 1.54) is 50.5 Å². The molecule has 1 aromatic carbocycles. The van der Waals surface area contributed by atoms with Gasteiger partial charge in [0, 0.05) is 17.1 Å². The van der Waals surface area contributed by atoms with Crippen LogP contribution in [0.2, 0.25) is 5.02 Å². The van der Waals surface area contributed by atoms with Gasteiger partial charge in [0.25, 0.3) is 0 Å². The van der Waals surface area contributed by atoms with Crippen molar-refractivity contribution in [3.63, 3.8) is 0 Å². The van der Waals surface area contributed by atoms with Crippen molar-refractivity contribution in [2.45, 2.75) is 51.0 Å². The topological polar surface area (TPSA) is 12.0 Å². The van der Waals surface area contributed by atoms with Gasteiger partial charge in [-0.05, 0) is 65.2 Å². The summed E-state index contributed by atoms with van der Waals surface area (Å²) in [4.78, 5) is 0. The van der Waals surface area contributed by atoms with Crippen LogP contribution >= 0.6 is 27.5 Å². The normalized spacial score (nSPS) is 20.8. The highest BCUT2D eigenvalue weighted by Crippen LogP contribution is 2.32. The van der Waals surface area contributed by atoms with Crippen LogP contribution in [0.5, 0.6) is 0 Å². The van der Waals surface area contributed by atoms with E-state index in [0.717, 1.165) is 28.0 Å². The molecule has 2 aliphatic rings. The first-order chi connectivity index (χ1) is 10.2. The second kappa shape index (κ2) is 7.30. The molecule has 1 nitrogen and oxygen atoms in total. The minimum atomic E-state index is 0.757. The van der Waals surface area contributed by atoms with Crippen LogP contribution in [-0.4, -0.2) is 12.6 Å². The van der Waals surface area contributed by atoms with Crippen molar-refractivity contribution in [1.29, 1.82) is 0 Å². The molecule has 2 saturated carbocycles. The Kier molecular flexibility index (Phi) is 5.42. The van der Waals surface area contributed by atoms with Gasteiger partial charge in [-0.2, -0.15) is 0 Å². The second-order valence-electron chi connectivity index (χ2n) is 6.38. The molecule has 0 saturated heterocycles. The molecule has 0 bridgehead atoms. The van der Waals surface area contributed by atoms with Gasteiger partial charge in [-0.15, -0.1) is 0 Å². The molecule has 0 spiro atoms. The van der Waals surface area contributed by atoms with E-state index in [-0.39, 0.29) is 0 Å². The maximum absolute atomic E-state index is 6.23. The smallest absolute Gasteiger partial charge is 0.0554 e. The zero-order valence-corrected chi connectivity index (χ0v) is 14.7. The molecule has 0 unspecified atom stereocenters. The predicted octanol–water partition coefficient (Wildman–Crippen LogP) is 5.82. The Morgan fingerprint density at radius 3 is 2.62 bits per heavy atom. The Hall–Kier alpha value is -0.310. The maximum atomic E-state index is 6.23. The Morgan fingerprint density at radius 1 is 1.19 bits per heavy atom. The monoisotopic (exact) mass is 367 g/mol. The largest absolute Gasteiger partial charge is 0.310 e. The average Bonchev–Trinajstić information content (AvgIpc) is 3.32. The minimum Gasteiger partial charge on any atom is -0.310 e. The summed E-state index contributed by atoms with van der Waals surface area (Å²) in [6, 6.07) is 7.02. The van der Waals surface area contributed by atoms with Crippen LogP contribution in [-0.2, 0) is 0 Å². The summed E-state index contributed by atoms with van der Waals surface area (Å²) in [5, 5.41) is 4.48. The van der Waals surface area contributed by atoms with Crippen molar-refractivity contribution in [2.75, 3.05) is 6.54 Å². The third kappa shape index (κ3) is 4.58. The van der Waals surface area contributed by atoms with Crippen molar-refractivity contribution >= 4 is 33.6 Å².